The molecule has 4 rings (SSSR count). The van der Waals surface area contributed by atoms with E-state index in [1.807, 2.05) is 42.5 Å². The summed E-state index contributed by atoms with van der Waals surface area (Å²) in [5, 5.41) is 15.6. The summed E-state index contributed by atoms with van der Waals surface area (Å²) in [6, 6.07) is 17.7. The Balaban J connectivity index is 1.34. The SMILES string of the molecule is O=C(O)C[C@@H]1C[C@@H](CNC(=O)c2ccc(C3CCNCC3)cc2)N(CCCc2ccccc2)C1=O. The topological polar surface area (TPSA) is 98.7 Å². The quantitative estimate of drug-likeness (QED) is 0.488. The predicted octanol–water partition coefficient (Wildman–Crippen LogP) is 3.21. The van der Waals surface area contributed by atoms with Gasteiger partial charge in [-0.3, -0.25) is 14.4 Å². The van der Waals surface area contributed by atoms with Crippen LogP contribution >= 0.6 is 0 Å². The number of carboxylic acids is 1. The highest BCUT2D eigenvalue weighted by molar-refractivity contribution is 5.94. The number of carboxylic acid groups (broad SMARTS) is 1. The molecule has 0 bridgehead atoms. The number of likely N-dealkylation sites (tertiary alicyclic amines) is 1. The van der Waals surface area contributed by atoms with Crippen LogP contribution in [0.4, 0.5) is 0 Å². The Kier molecular flexibility index (Phi) is 8.53. The number of hydrogen-bond acceptors (Lipinski definition) is 4. The molecule has 2 aliphatic rings. The van der Waals surface area contributed by atoms with E-state index in [1.54, 1.807) is 4.90 Å². The van der Waals surface area contributed by atoms with E-state index < -0.39 is 11.9 Å². The molecule has 2 aromatic rings. The third kappa shape index (κ3) is 6.69. The maximum atomic E-state index is 12.9. The molecule has 0 saturated carbocycles. The van der Waals surface area contributed by atoms with Gasteiger partial charge in [0.2, 0.25) is 5.91 Å². The van der Waals surface area contributed by atoms with Crippen LogP contribution in [0.2, 0.25) is 0 Å². The number of amides is 2. The summed E-state index contributed by atoms with van der Waals surface area (Å²) in [5.74, 6) is -1.25. The van der Waals surface area contributed by atoms with Gasteiger partial charge >= 0.3 is 5.97 Å². The second-order valence-electron chi connectivity index (χ2n) is 9.66. The number of carbonyl (C=O) groups excluding carboxylic acids is 2. The molecular formula is C28H35N3O4. The van der Waals surface area contributed by atoms with E-state index in [0.717, 1.165) is 38.8 Å². The van der Waals surface area contributed by atoms with E-state index in [1.165, 1.54) is 11.1 Å². The highest BCUT2D eigenvalue weighted by Crippen LogP contribution is 2.28. The summed E-state index contributed by atoms with van der Waals surface area (Å²) in [4.78, 5) is 38.8. The Morgan fingerprint density at radius 3 is 2.43 bits per heavy atom. The van der Waals surface area contributed by atoms with Gasteiger partial charge in [-0.05, 0) is 74.4 Å². The number of hydrogen-bond donors (Lipinski definition) is 3. The second-order valence-corrected chi connectivity index (χ2v) is 9.66. The number of nitrogens with zero attached hydrogens (tertiary/aromatic N) is 1. The lowest BCUT2D eigenvalue weighted by Gasteiger charge is -2.25. The minimum absolute atomic E-state index is 0.119. The first kappa shape index (κ1) is 24.9. The van der Waals surface area contributed by atoms with Crippen molar-refractivity contribution >= 4 is 17.8 Å². The number of carbonyl (C=O) groups is 3. The molecule has 0 radical (unpaired) electrons. The Labute approximate surface area is 206 Å². The van der Waals surface area contributed by atoms with Crippen molar-refractivity contribution in [2.24, 2.45) is 5.92 Å². The smallest absolute Gasteiger partial charge is 0.304 e. The zero-order valence-corrected chi connectivity index (χ0v) is 20.1. The lowest BCUT2D eigenvalue weighted by atomic mass is 9.90. The maximum absolute atomic E-state index is 12.9. The van der Waals surface area contributed by atoms with Crippen molar-refractivity contribution in [1.29, 1.82) is 0 Å². The van der Waals surface area contributed by atoms with Crippen LogP contribution in [0, 0.1) is 5.92 Å². The van der Waals surface area contributed by atoms with Crippen LogP contribution in [0.3, 0.4) is 0 Å². The van der Waals surface area contributed by atoms with E-state index in [2.05, 4.69) is 22.8 Å². The summed E-state index contributed by atoms with van der Waals surface area (Å²) in [7, 11) is 0. The van der Waals surface area contributed by atoms with Crippen LogP contribution < -0.4 is 10.6 Å². The van der Waals surface area contributed by atoms with E-state index in [-0.39, 0.29) is 24.3 Å². The van der Waals surface area contributed by atoms with Gasteiger partial charge in [-0.25, -0.2) is 0 Å². The molecule has 3 N–H and O–H groups in total. The van der Waals surface area contributed by atoms with Crippen molar-refractivity contribution in [3.05, 3.63) is 71.3 Å². The first-order valence-electron chi connectivity index (χ1n) is 12.7. The van der Waals surface area contributed by atoms with E-state index in [9.17, 15) is 19.5 Å². The molecule has 0 unspecified atom stereocenters. The number of piperidine rings is 1. The van der Waals surface area contributed by atoms with Gasteiger partial charge in [-0.2, -0.15) is 0 Å². The molecule has 2 saturated heterocycles. The summed E-state index contributed by atoms with van der Waals surface area (Å²) in [5.41, 5.74) is 3.08. The van der Waals surface area contributed by atoms with E-state index in [4.69, 9.17) is 0 Å². The first-order valence-corrected chi connectivity index (χ1v) is 12.7. The molecule has 35 heavy (non-hydrogen) atoms. The molecule has 0 spiro atoms. The largest absolute Gasteiger partial charge is 0.481 e. The van der Waals surface area contributed by atoms with Crippen LogP contribution in [0.25, 0.3) is 0 Å². The van der Waals surface area contributed by atoms with Gasteiger partial charge in [0.05, 0.1) is 12.3 Å². The maximum Gasteiger partial charge on any atom is 0.304 e. The Morgan fingerprint density at radius 1 is 1.03 bits per heavy atom. The molecule has 2 aliphatic heterocycles. The highest BCUT2D eigenvalue weighted by atomic mass is 16.4. The minimum Gasteiger partial charge on any atom is -0.481 e. The van der Waals surface area contributed by atoms with Crippen molar-refractivity contribution < 1.29 is 19.5 Å². The monoisotopic (exact) mass is 477 g/mol. The van der Waals surface area contributed by atoms with Crippen molar-refractivity contribution in [2.75, 3.05) is 26.2 Å². The Bertz CT molecular complexity index is 1000. The predicted molar refractivity (Wildman–Crippen MR) is 134 cm³/mol. The zero-order valence-electron chi connectivity index (χ0n) is 20.1. The fourth-order valence-electron chi connectivity index (χ4n) is 5.31. The molecular weight excluding hydrogens is 442 g/mol. The third-order valence-corrected chi connectivity index (χ3v) is 7.24. The number of aliphatic carboxylic acids is 1. The average Bonchev–Trinajstić information content (AvgIpc) is 3.17. The van der Waals surface area contributed by atoms with E-state index in [0.29, 0.717) is 31.0 Å². The summed E-state index contributed by atoms with van der Waals surface area (Å²) < 4.78 is 0. The molecule has 2 atom stereocenters. The molecule has 2 amide bonds. The molecule has 7 heteroatoms. The number of aryl methyl sites for hydroxylation is 1. The molecule has 0 aromatic heterocycles. The molecule has 7 nitrogen and oxygen atoms in total. The molecule has 2 fully saturated rings. The fourth-order valence-corrected chi connectivity index (χ4v) is 5.31. The fraction of sp³-hybridized carbons (Fsp3) is 0.464. The van der Waals surface area contributed by atoms with Gasteiger partial charge in [0.1, 0.15) is 0 Å². The van der Waals surface area contributed by atoms with Crippen molar-refractivity contribution in [1.82, 2.24) is 15.5 Å². The van der Waals surface area contributed by atoms with Crippen LogP contribution in [-0.2, 0) is 16.0 Å². The summed E-state index contributed by atoms with van der Waals surface area (Å²) in [6.45, 7) is 2.92. The van der Waals surface area contributed by atoms with Crippen LogP contribution in [0.1, 0.15) is 59.5 Å². The van der Waals surface area contributed by atoms with Crippen molar-refractivity contribution in [3.63, 3.8) is 0 Å². The minimum atomic E-state index is -0.967. The normalized spacial score (nSPS) is 20.7. The average molecular weight is 478 g/mol. The van der Waals surface area contributed by atoms with Crippen LogP contribution in [0.5, 0.6) is 0 Å². The number of nitrogens with one attached hydrogen (secondary N) is 2. The van der Waals surface area contributed by atoms with E-state index >= 15 is 0 Å². The summed E-state index contributed by atoms with van der Waals surface area (Å²) >= 11 is 0. The number of rotatable bonds is 10. The Morgan fingerprint density at radius 2 is 1.74 bits per heavy atom. The zero-order chi connectivity index (χ0) is 24.6. The van der Waals surface area contributed by atoms with Gasteiger partial charge in [0, 0.05) is 24.7 Å². The molecule has 0 aliphatic carbocycles. The molecule has 186 valence electrons. The summed E-state index contributed by atoms with van der Waals surface area (Å²) in [6.07, 6.45) is 4.13. The van der Waals surface area contributed by atoms with Crippen LogP contribution in [-0.4, -0.2) is 60.0 Å². The lowest BCUT2D eigenvalue weighted by molar-refractivity contribution is -0.142. The second kappa shape index (κ2) is 12.0. The first-order chi connectivity index (χ1) is 17.0. The van der Waals surface area contributed by atoms with Gasteiger partial charge in [0.25, 0.3) is 5.91 Å². The van der Waals surface area contributed by atoms with Crippen molar-refractivity contribution in [2.45, 2.75) is 50.5 Å². The van der Waals surface area contributed by atoms with Crippen LogP contribution in [0.15, 0.2) is 54.6 Å². The van der Waals surface area contributed by atoms with Gasteiger partial charge < -0.3 is 20.6 Å². The molecule has 2 aromatic carbocycles. The van der Waals surface area contributed by atoms with Gasteiger partial charge in [0.15, 0.2) is 0 Å². The van der Waals surface area contributed by atoms with Gasteiger partial charge in [-0.1, -0.05) is 42.5 Å². The lowest BCUT2D eigenvalue weighted by Crippen LogP contribution is -2.42. The third-order valence-electron chi connectivity index (χ3n) is 7.24. The number of benzene rings is 2. The molecule has 2 heterocycles. The Hall–Kier alpha value is -3.19. The standard InChI is InChI=1S/C28H35N3O4/c32-26(33)18-24-17-25(31(28(24)35)16-4-7-20-5-2-1-3-6-20)19-30-27(34)23-10-8-21(9-11-23)22-12-14-29-15-13-22/h1-3,5-6,8-11,22,24-25,29H,4,7,12-19H2,(H,30,34)(H,32,33)/t24-,25-/m0/s1. The highest BCUT2D eigenvalue weighted by Gasteiger charge is 2.40. The van der Waals surface area contributed by atoms with Gasteiger partial charge in [-0.15, -0.1) is 0 Å². The van der Waals surface area contributed by atoms with Crippen molar-refractivity contribution in [3.8, 4) is 0 Å².